The molecule has 0 aliphatic carbocycles. The average molecular weight is 305 g/mol. The Morgan fingerprint density at radius 3 is 2.24 bits per heavy atom. The second-order valence-corrected chi connectivity index (χ2v) is 3.81. The first kappa shape index (κ1) is 13.3. The van der Waals surface area contributed by atoms with Gasteiger partial charge < -0.3 is 19.7 Å². The number of halogens is 1. The molecule has 17 heavy (non-hydrogen) atoms. The number of rotatable bonds is 6. The Balaban J connectivity index is 2.65. The van der Waals surface area contributed by atoms with Crippen LogP contribution in [0.4, 0.5) is 0 Å². The van der Waals surface area contributed by atoms with Gasteiger partial charge >= 0.3 is 11.9 Å². The van der Waals surface area contributed by atoms with Crippen molar-refractivity contribution in [2.75, 3.05) is 13.2 Å². The normalized spacial score (nSPS) is 9.71. The smallest absolute Gasteiger partial charge is 0.341 e. The lowest BCUT2D eigenvalue weighted by molar-refractivity contribution is -0.140. The van der Waals surface area contributed by atoms with Crippen molar-refractivity contribution in [2.45, 2.75) is 0 Å². The number of benzene rings is 1. The van der Waals surface area contributed by atoms with Gasteiger partial charge in [0.25, 0.3) is 0 Å². The van der Waals surface area contributed by atoms with Crippen LogP contribution in [0, 0.1) is 0 Å². The van der Waals surface area contributed by atoms with Gasteiger partial charge in [-0.15, -0.1) is 0 Å². The maximum atomic E-state index is 10.3. The molecule has 6 nitrogen and oxygen atoms in total. The van der Waals surface area contributed by atoms with Crippen molar-refractivity contribution in [3.63, 3.8) is 0 Å². The lowest BCUT2D eigenvalue weighted by Crippen LogP contribution is -2.10. The standard InChI is InChI=1S/C10H9BrO6/c11-7-3-6(16-4-9(12)13)1-2-8(7)17-5-10(14)15/h1-3H,4-5H2,(H,12,13)(H,14,15). The average Bonchev–Trinajstić information content (AvgIpc) is 2.24. The molecule has 2 N–H and O–H groups in total. The van der Waals surface area contributed by atoms with Gasteiger partial charge in [0.1, 0.15) is 11.5 Å². The van der Waals surface area contributed by atoms with E-state index < -0.39 is 25.2 Å². The van der Waals surface area contributed by atoms with Crippen molar-refractivity contribution in [1.29, 1.82) is 0 Å². The van der Waals surface area contributed by atoms with Crippen molar-refractivity contribution < 1.29 is 29.3 Å². The Morgan fingerprint density at radius 1 is 1.12 bits per heavy atom. The SMILES string of the molecule is O=C(O)COc1ccc(OCC(=O)O)c(Br)c1. The van der Waals surface area contributed by atoms with Crippen LogP contribution in [0.3, 0.4) is 0 Å². The van der Waals surface area contributed by atoms with Crippen LogP contribution in [0.1, 0.15) is 0 Å². The monoisotopic (exact) mass is 304 g/mol. The summed E-state index contributed by atoms with van der Waals surface area (Å²) in [7, 11) is 0. The van der Waals surface area contributed by atoms with Gasteiger partial charge in [0.2, 0.25) is 0 Å². The Bertz CT molecular complexity index is 431. The van der Waals surface area contributed by atoms with Crippen LogP contribution in [0.25, 0.3) is 0 Å². The van der Waals surface area contributed by atoms with Gasteiger partial charge in [-0.1, -0.05) is 0 Å². The zero-order valence-electron chi connectivity index (χ0n) is 8.55. The maximum absolute atomic E-state index is 10.3. The molecule has 0 aliphatic rings. The first-order valence-electron chi connectivity index (χ1n) is 4.48. The topological polar surface area (TPSA) is 93.1 Å². The van der Waals surface area contributed by atoms with E-state index in [1.807, 2.05) is 0 Å². The van der Waals surface area contributed by atoms with Gasteiger partial charge in [-0.2, -0.15) is 0 Å². The molecule has 0 spiro atoms. The molecule has 0 aliphatic heterocycles. The van der Waals surface area contributed by atoms with E-state index in [0.29, 0.717) is 16.0 Å². The zero-order chi connectivity index (χ0) is 12.8. The third-order valence-electron chi connectivity index (χ3n) is 1.62. The van der Waals surface area contributed by atoms with Crippen LogP contribution in [-0.4, -0.2) is 35.4 Å². The molecule has 1 aromatic rings. The van der Waals surface area contributed by atoms with Crippen molar-refractivity contribution in [3.8, 4) is 11.5 Å². The highest BCUT2D eigenvalue weighted by molar-refractivity contribution is 9.10. The fraction of sp³-hybridized carbons (Fsp3) is 0.200. The zero-order valence-corrected chi connectivity index (χ0v) is 10.1. The quantitative estimate of drug-likeness (QED) is 0.824. The van der Waals surface area contributed by atoms with E-state index >= 15 is 0 Å². The van der Waals surface area contributed by atoms with Gasteiger partial charge in [0.05, 0.1) is 4.47 Å². The van der Waals surface area contributed by atoms with Crippen LogP contribution in [0.2, 0.25) is 0 Å². The highest BCUT2D eigenvalue weighted by Gasteiger charge is 2.06. The Morgan fingerprint density at radius 2 is 1.71 bits per heavy atom. The van der Waals surface area contributed by atoms with Crippen LogP contribution >= 0.6 is 15.9 Å². The molecule has 0 aromatic heterocycles. The van der Waals surface area contributed by atoms with E-state index in [-0.39, 0.29) is 0 Å². The molecule has 0 fully saturated rings. The number of hydrogen-bond donors (Lipinski definition) is 2. The minimum absolute atomic E-state index is 0.343. The Labute approximate surface area is 105 Å². The third kappa shape index (κ3) is 4.73. The van der Waals surface area contributed by atoms with E-state index in [1.165, 1.54) is 18.2 Å². The maximum Gasteiger partial charge on any atom is 0.341 e. The molecular formula is C10H9BrO6. The molecule has 7 heteroatoms. The molecule has 0 saturated heterocycles. The summed E-state index contributed by atoms with van der Waals surface area (Å²) >= 11 is 3.16. The van der Waals surface area contributed by atoms with Crippen molar-refractivity contribution in [1.82, 2.24) is 0 Å². The summed E-state index contributed by atoms with van der Waals surface area (Å²) < 4.78 is 10.4. The molecule has 92 valence electrons. The van der Waals surface area contributed by atoms with E-state index in [9.17, 15) is 9.59 Å². The number of carbonyl (C=O) groups is 2. The summed E-state index contributed by atoms with van der Waals surface area (Å²) in [5.41, 5.74) is 0. The molecule has 0 bridgehead atoms. The fourth-order valence-electron chi connectivity index (χ4n) is 0.973. The molecule has 1 rings (SSSR count). The first-order valence-corrected chi connectivity index (χ1v) is 5.27. The first-order chi connectivity index (χ1) is 7.99. The molecule has 0 amide bonds. The second-order valence-electron chi connectivity index (χ2n) is 2.96. The van der Waals surface area contributed by atoms with Crippen LogP contribution in [0.15, 0.2) is 22.7 Å². The highest BCUT2D eigenvalue weighted by Crippen LogP contribution is 2.29. The number of carboxylic acid groups (broad SMARTS) is 2. The van der Waals surface area contributed by atoms with Gasteiger partial charge in [0, 0.05) is 0 Å². The summed E-state index contributed by atoms with van der Waals surface area (Å²) in [6, 6.07) is 4.48. The lowest BCUT2D eigenvalue weighted by Gasteiger charge is -2.08. The molecule has 0 heterocycles. The summed E-state index contributed by atoms with van der Waals surface area (Å²) in [5.74, 6) is -1.47. The molecular weight excluding hydrogens is 296 g/mol. The van der Waals surface area contributed by atoms with E-state index in [0.717, 1.165) is 0 Å². The van der Waals surface area contributed by atoms with Crippen molar-refractivity contribution >= 4 is 27.9 Å². The van der Waals surface area contributed by atoms with Crippen molar-refractivity contribution in [3.05, 3.63) is 22.7 Å². The highest BCUT2D eigenvalue weighted by atomic mass is 79.9. The van der Waals surface area contributed by atoms with E-state index in [1.54, 1.807) is 0 Å². The summed E-state index contributed by atoms with van der Waals surface area (Å²) in [6.45, 7) is -0.893. The molecule has 0 radical (unpaired) electrons. The third-order valence-corrected chi connectivity index (χ3v) is 2.24. The lowest BCUT2D eigenvalue weighted by atomic mass is 10.3. The second kappa shape index (κ2) is 6.09. The predicted molar refractivity (Wildman–Crippen MR) is 60.4 cm³/mol. The Kier molecular flexibility index (Phi) is 4.77. The number of hydrogen-bond acceptors (Lipinski definition) is 4. The molecule has 1 aromatic carbocycles. The number of ether oxygens (including phenoxy) is 2. The predicted octanol–water partition coefficient (Wildman–Crippen LogP) is 1.38. The Hall–Kier alpha value is -1.76. The van der Waals surface area contributed by atoms with Crippen LogP contribution in [0.5, 0.6) is 11.5 Å². The minimum Gasteiger partial charge on any atom is -0.482 e. The number of carboxylic acids is 2. The molecule has 0 atom stereocenters. The van der Waals surface area contributed by atoms with E-state index in [4.69, 9.17) is 19.7 Å². The van der Waals surface area contributed by atoms with Crippen molar-refractivity contribution in [2.24, 2.45) is 0 Å². The van der Waals surface area contributed by atoms with Gasteiger partial charge in [0.15, 0.2) is 13.2 Å². The minimum atomic E-state index is -1.08. The number of aliphatic carboxylic acids is 2. The van der Waals surface area contributed by atoms with Crippen LogP contribution in [-0.2, 0) is 9.59 Å². The summed E-state index contributed by atoms with van der Waals surface area (Å²) in [5, 5.41) is 16.9. The molecule has 0 unspecified atom stereocenters. The van der Waals surface area contributed by atoms with Gasteiger partial charge in [-0.3, -0.25) is 0 Å². The van der Waals surface area contributed by atoms with Gasteiger partial charge in [-0.05, 0) is 34.1 Å². The summed E-state index contributed by atoms with van der Waals surface area (Å²) in [4.78, 5) is 20.6. The largest absolute Gasteiger partial charge is 0.482 e. The molecule has 0 saturated carbocycles. The van der Waals surface area contributed by atoms with Crippen LogP contribution < -0.4 is 9.47 Å². The summed E-state index contributed by atoms with van der Waals surface area (Å²) in [6.07, 6.45) is 0. The van der Waals surface area contributed by atoms with E-state index in [2.05, 4.69) is 15.9 Å². The van der Waals surface area contributed by atoms with Gasteiger partial charge in [-0.25, -0.2) is 9.59 Å². The fourth-order valence-corrected chi connectivity index (χ4v) is 1.45.